The second-order valence-corrected chi connectivity index (χ2v) is 18.1. The fraction of sp³-hybridized carbons (Fsp3) is 0.0896. The summed E-state index contributed by atoms with van der Waals surface area (Å²) in [7, 11) is 0. The van der Waals surface area contributed by atoms with Gasteiger partial charge in [0, 0.05) is 17.1 Å². The molecule has 8 rings (SSSR count). The van der Waals surface area contributed by atoms with Crippen LogP contribution in [-0.2, 0) is 9.53 Å². The van der Waals surface area contributed by atoms with Crippen molar-refractivity contribution in [1.29, 1.82) is 0 Å². The van der Waals surface area contributed by atoms with Gasteiger partial charge in [-0.05, 0) is 190 Å². The average Bonchev–Trinajstić information content (AvgIpc) is 3.42. The minimum absolute atomic E-state index is 0.0204. The molecule has 0 saturated heterocycles. The van der Waals surface area contributed by atoms with Crippen LogP contribution in [0.5, 0.6) is 0 Å². The molecule has 0 aliphatic heterocycles. The summed E-state index contributed by atoms with van der Waals surface area (Å²) < 4.78 is 5.06. The Bertz CT molecular complexity index is 3550. The SMILES string of the molecule is [C-]#[N+]/C(=C\c1ccc(/C(=C/c2ccc(N(c3ccc(/C=C(/c4ccc(/C=C(\[N+]#[C-])OCO)cc4)c4ccc(C)c(C)c4)cc3)c3ccc(/C=C(\C)c4ccccc4)cc3)cc2)c2ccc(C)c(C)c2)cc1)C(=O)O. The lowest BCUT2D eigenvalue weighted by molar-refractivity contribution is -0.132. The predicted octanol–water partition coefficient (Wildman–Crippen LogP) is 16.7. The van der Waals surface area contributed by atoms with E-state index in [9.17, 15) is 15.0 Å². The lowest BCUT2D eigenvalue weighted by Crippen LogP contribution is -2.09. The maximum Gasteiger partial charge on any atom is 0.343 e. The van der Waals surface area contributed by atoms with Crippen molar-refractivity contribution in [3.63, 3.8) is 0 Å². The number of aliphatic hydroxyl groups is 1. The highest BCUT2D eigenvalue weighted by atomic mass is 16.6. The van der Waals surface area contributed by atoms with E-state index in [4.69, 9.17) is 17.9 Å². The number of aryl methyl sites for hydroxylation is 4. The smallest absolute Gasteiger partial charge is 0.343 e. The molecule has 0 aliphatic rings. The van der Waals surface area contributed by atoms with Crippen LogP contribution in [0.25, 0.3) is 56.8 Å². The Kier molecular flexibility index (Phi) is 16.2. The fourth-order valence-corrected chi connectivity index (χ4v) is 8.59. The molecule has 362 valence electrons. The molecule has 0 radical (unpaired) electrons. The third kappa shape index (κ3) is 12.5. The Labute approximate surface area is 434 Å². The number of rotatable bonds is 16. The molecule has 2 N–H and O–H groups in total. The average molecular weight is 966 g/mol. The van der Waals surface area contributed by atoms with Gasteiger partial charge in [-0.3, -0.25) is 4.79 Å². The third-order valence-electron chi connectivity index (χ3n) is 13.0. The Morgan fingerprint density at radius 3 is 1.26 bits per heavy atom. The quantitative estimate of drug-likeness (QED) is 0.0332. The molecule has 0 amide bonds. The molecule has 7 nitrogen and oxygen atoms in total. The molecule has 7 heteroatoms. The first kappa shape index (κ1) is 50.8. The number of carbonyl (C=O) groups is 1. The summed E-state index contributed by atoms with van der Waals surface area (Å²) in [6, 6.07) is 64.7. The van der Waals surface area contributed by atoms with Crippen molar-refractivity contribution in [2.75, 3.05) is 11.7 Å². The number of hydrogen-bond donors (Lipinski definition) is 2. The second-order valence-electron chi connectivity index (χ2n) is 18.1. The number of carboxylic acids is 1. The summed E-state index contributed by atoms with van der Waals surface area (Å²) in [4.78, 5) is 20.4. The Balaban J connectivity index is 1.18. The molecule has 0 spiro atoms. The topological polar surface area (TPSA) is 78.7 Å². The summed E-state index contributed by atoms with van der Waals surface area (Å²) in [5.41, 5.74) is 20.4. The molecule has 8 aromatic carbocycles. The lowest BCUT2D eigenvalue weighted by atomic mass is 9.92. The maximum absolute atomic E-state index is 11.6. The number of ether oxygens (including phenoxy) is 1. The van der Waals surface area contributed by atoms with Crippen LogP contribution in [0, 0.1) is 40.8 Å². The zero-order chi connectivity index (χ0) is 52.1. The Hall–Kier alpha value is -9.53. The van der Waals surface area contributed by atoms with Crippen LogP contribution in [0.15, 0.2) is 200 Å². The van der Waals surface area contributed by atoms with Crippen LogP contribution < -0.4 is 4.90 Å². The van der Waals surface area contributed by atoms with Crippen LogP contribution in [0.2, 0.25) is 0 Å². The van der Waals surface area contributed by atoms with Gasteiger partial charge in [0.2, 0.25) is 0 Å². The van der Waals surface area contributed by atoms with E-state index in [1.165, 1.54) is 39.5 Å². The molecule has 0 atom stereocenters. The minimum Gasteiger partial charge on any atom is -0.494 e. The highest BCUT2D eigenvalue weighted by Crippen LogP contribution is 2.37. The molecule has 0 aliphatic carbocycles. The van der Waals surface area contributed by atoms with Crippen molar-refractivity contribution >= 4 is 70.1 Å². The number of benzene rings is 8. The number of aliphatic hydroxyl groups excluding tert-OH is 1. The number of carboxylic acid groups (broad SMARTS) is 1. The van der Waals surface area contributed by atoms with E-state index >= 15 is 0 Å². The van der Waals surface area contributed by atoms with Crippen molar-refractivity contribution in [3.8, 4) is 0 Å². The van der Waals surface area contributed by atoms with Gasteiger partial charge < -0.3 is 19.8 Å². The maximum atomic E-state index is 11.6. The zero-order valence-electron chi connectivity index (χ0n) is 42.0. The third-order valence-corrected chi connectivity index (χ3v) is 13.0. The number of aliphatic carboxylic acids is 1. The molecule has 0 fully saturated rings. The standard InChI is InChI=1S/C67H55N3O4/c1-45-13-25-58(38-47(45)3)63(56-27-15-53(16-28-56)42-65(68-6)67(72)73)40-51-21-33-61(34-22-51)70(60-31-19-50(20-32-60)37-49(5)55-11-9-8-10-12-55)62-35-23-52(24-36-62)41-64(59-26-14-46(2)48(4)39-59)57-29-17-54(18-30-57)43-66(69-7)74-44-71/h8-43,71H,44H2,1-5H3,(H,72,73)/b49-37+,63-40-,64-41-,65-42-,66-43+. The van der Waals surface area contributed by atoms with Crippen LogP contribution in [0.1, 0.15) is 84.8 Å². The minimum atomic E-state index is -1.25. The first-order chi connectivity index (χ1) is 35.9. The molecule has 74 heavy (non-hydrogen) atoms. The van der Waals surface area contributed by atoms with Gasteiger partial charge >= 0.3 is 11.9 Å². The van der Waals surface area contributed by atoms with Gasteiger partial charge in [-0.1, -0.05) is 158 Å². The summed E-state index contributed by atoms with van der Waals surface area (Å²) in [5.74, 6) is -1.23. The number of allylic oxidation sites excluding steroid dienone is 1. The van der Waals surface area contributed by atoms with Gasteiger partial charge in [0.05, 0.1) is 13.1 Å². The van der Waals surface area contributed by atoms with Crippen LogP contribution in [0.3, 0.4) is 0 Å². The first-order valence-electron chi connectivity index (χ1n) is 24.2. The summed E-state index contributed by atoms with van der Waals surface area (Å²) in [5, 5.41) is 18.7. The second kappa shape index (κ2) is 23.6. The number of hydrogen-bond acceptors (Lipinski definition) is 4. The van der Waals surface area contributed by atoms with E-state index in [-0.39, 0.29) is 11.6 Å². The van der Waals surface area contributed by atoms with Gasteiger partial charge in [0.25, 0.3) is 5.70 Å². The van der Waals surface area contributed by atoms with Gasteiger partial charge in [0.1, 0.15) is 0 Å². The van der Waals surface area contributed by atoms with Crippen molar-refractivity contribution in [2.45, 2.75) is 34.6 Å². The van der Waals surface area contributed by atoms with Gasteiger partial charge in [-0.15, -0.1) is 0 Å². The number of nitrogens with zero attached hydrogens (tertiary/aromatic N) is 3. The summed E-state index contributed by atoms with van der Waals surface area (Å²) >= 11 is 0. The molecule has 0 aromatic heterocycles. The van der Waals surface area contributed by atoms with E-state index in [0.717, 1.165) is 72.7 Å². The van der Waals surface area contributed by atoms with E-state index in [1.807, 2.05) is 54.6 Å². The van der Waals surface area contributed by atoms with Crippen molar-refractivity contribution in [2.24, 2.45) is 0 Å². The van der Waals surface area contributed by atoms with Gasteiger partial charge in [-0.2, -0.15) is 4.85 Å². The van der Waals surface area contributed by atoms with Gasteiger partial charge in [-0.25, -0.2) is 4.85 Å². The Morgan fingerprint density at radius 1 is 0.473 bits per heavy atom. The van der Waals surface area contributed by atoms with Crippen LogP contribution in [0.4, 0.5) is 17.1 Å². The van der Waals surface area contributed by atoms with Crippen LogP contribution in [-0.4, -0.2) is 23.0 Å². The highest BCUT2D eigenvalue weighted by Gasteiger charge is 2.16. The normalized spacial score (nSPS) is 12.2. The van der Waals surface area contributed by atoms with Crippen molar-refractivity contribution < 1.29 is 19.7 Å². The van der Waals surface area contributed by atoms with E-state index in [1.54, 1.807) is 6.08 Å². The lowest BCUT2D eigenvalue weighted by Gasteiger charge is -2.26. The molecule has 0 unspecified atom stereocenters. The zero-order valence-corrected chi connectivity index (χ0v) is 42.0. The van der Waals surface area contributed by atoms with E-state index in [0.29, 0.717) is 5.56 Å². The number of anilines is 3. The van der Waals surface area contributed by atoms with Crippen molar-refractivity contribution in [3.05, 3.63) is 300 Å². The molecule has 0 heterocycles. The predicted molar refractivity (Wildman–Crippen MR) is 305 cm³/mol. The van der Waals surface area contributed by atoms with Crippen molar-refractivity contribution in [1.82, 2.24) is 0 Å². The molecule has 8 aromatic rings. The molecule has 0 saturated carbocycles. The fourth-order valence-electron chi connectivity index (χ4n) is 8.59. The van der Waals surface area contributed by atoms with Crippen LogP contribution >= 0.6 is 0 Å². The van der Waals surface area contributed by atoms with E-state index in [2.05, 4.69) is 201 Å². The molecular weight excluding hydrogens is 911 g/mol. The molecular formula is C67H55N3O4. The summed E-state index contributed by atoms with van der Waals surface area (Å²) in [6.45, 7) is 24.7. The Morgan fingerprint density at radius 2 is 0.865 bits per heavy atom. The largest absolute Gasteiger partial charge is 0.494 e. The highest BCUT2D eigenvalue weighted by molar-refractivity contribution is 5.96. The summed E-state index contributed by atoms with van der Waals surface area (Å²) in [6.07, 6.45) is 9.59. The van der Waals surface area contributed by atoms with E-state index < -0.39 is 12.8 Å². The first-order valence-corrected chi connectivity index (χ1v) is 24.2. The molecule has 0 bridgehead atoms. The van der Waals surface area contributed by atoms with Gasteiger partial charge in [0.15, 0.2) is 6.79 Å². The monoisotopic (exact) mass is 965 g/mol.